The van der Waals surface area contributed by atoms with E-state index in [1.807, 2.05) is 0 Å². The van der Waals surface area contributed by atoms with Gasteiger partial charge in [-0.05, 0) is 24.3 Å². The largest absolute Gasteiger partial charge is 0.497 e. The first kappa shape index (κ1) is 20.0. The predicted octanol–water partition coefficient (Wildman–Crippen LogP) is 0.520. The molecule has 0 radical (unpaired) electrons. The maximum Gasteiger partial charge on any atom is 0.325 e. The van der Waals surface area contributed by atoms with Gasteiger partial charge in [-0.25, -0.2) is 4.79 Å². The number of methoxy groups -OCH3 is 1. The van der Waals surface area contributed by atoms with E-state index in [0.29, 0.717) is 23.6 Å². The van der Waals surface area contributed by atoms with Crippen molar-refractivity contribution in [2.45, 2.75) is 12.0 Å². The van der Waals surface area contributed by atoms with Gasteiger partial charge in [-0.15, -0.1) is 0 Å². The van der Waals surface area contributed by atoms with Crippen LogP contribution in [-0.4, -0.2) is 77.8 Å². The van der Waals surface area contributed by atoms with E-state index in [1.165, 1.54) is 19.1 Å². The van der Waals surface area contributed by atoms with Crippen molar-refractivity contribution in [3.8, 4) is 5.75 Å². The van der Waals surface area contributed by atoms with Gasteiger partial charge in [0.25, 0.3) is 5.91 Å². The van der Waals surface area contributed by atoms with E-state index >= 15 is 0 Å². The number of urea groups is 1. The van der Waals surface area contributed by atoms with Gasteiger partial charge in [0.1, 0.15) is 17.8 Å². The fraction of sp³-hybridized carbons (Fsp3) is 0.444. The van der Waals surface area contributed by atoms with Crippen LogP contribution in [0.2, 0.25) is 0 Å². The summed E-state index contributed by atoms with van der Waals surface area (Å²) in [7, 11) is 2.98. The van der Waals surface area contributed by atoms with Crippen LogP contribution in [0.25, 0.3) is 0 Å². The van der Waals surface area contributed by atoms with Crippen LogP contribution in [0.3, 0.4) is 0 Å². The lowest BCUT2D eigenvalue weighted by molar-refractivity contribution is -0.138. The van der Waals surface area contributed by atoms with E-state index < -0.39 is 23.4 Å². The number of imide groups is 1. The first-order valence-electron chi connectivity index (χ1n) is 8.74. The maximum atomic E-state index is 12.6. The van der Waals surface area contributed by atoms with Gasteiger partial charge in [-0.2, -0.15) is 11.8 Å². The Labute approximate surface area is 166 Å². The average Bonchev–Trinajstić information content (AvgIpc) is 3.22. The zero-order valence-electron chi connectivity index (χ0n) is 15.7. The van der Waals surface area contributed by atoms with E-state index in [9.17, 15) is 19.2 Å². The summed E-state index contributed by atoms with van der Waals surface area (Å²) in [6.45, 7) is -0.597. The van der Waals surface area contributed by atoms with Crippen molar-refractivity contribution < 1.29 is 23.9 Å². The van der Waals surface area contributed by atoms with Gasteiger partial charge in [0, 0.05) is 24.6 Å². The number of amides is 5. The fourth-order valence-electron chi connectivity index (χ4n) is 3.11. The molecule has 28 heavy (non-hydrogen) atoms. The quantitative estimate of drug-likeness (QED) is 0.667. The van der Waals surface area contributed by atoms with Crippen molar-refractivity contribution in [2.24, 2.45) is 0 Å². The first-order chi connectivity index (χ1) is 13.3. The van der Waals surface area contributed by atoms with E-state index in [1.54, 1.807) is 36.0 Å². The Balaban J connectivity index is 1.55. The first-order valence-corrected chi connectivity index (χ1v) is 9.90. The highest BCUT2D eigenvalue weighted by atomic mass is 32.2. The molecule has 2 aliphatic heterocycles. The van der Waals surface area contributed by atoms with Crippen molar-refractivity contribution in [3.63, 3.8) is 0 Å². The molecular weight excluding hydrogens is 384 g/mol. The van der Waals surface area contributed by atoms with Gasteiger partial charge < -0.3 is 20.3 Å². The highest BCUT2D eigenvalue weighted by molar-refractivity contribution is 7.99. The third kappa shape index (κ3) is 4.06. The average molecular weight is 406 g/mol. The highest BCUT2D eigenvalue weighted by Crippen LogP contribution is 2.33. The summed E-state index contributed by atoms with van der Waals surface area (Å²) in [5.41, 5.74) is -0.343. The molecule has 0 bridgehead atoms. The van der Waals surface area contributed by atoms with Crippen molar-refractivity contribution >= 4 is 41.2 Å². The maximum absolute atomic E-state index is 12.6. The van der Waals surface area contributed by atoms with Gasteiger partial charge in [0.05, 0.1) is 13.7 Å². The second-order valence-electron chi connectivity index (χ2n) is 6.74. The van der Waals surface area contributed by atoms with Crippen molar-refractivity contribution in [1.29, 1.82) is 0 Å². The molecule has 1 unspecified atom stereocenters. The molecule has 2 heterocycles. The van der Waals surface area contributed by atoms with Gasteiger partial charge in [0.2, 0.25) is 11.8 Å². The molecule has 2 fully saturated rings. The van der Waals surface area contributed by atoms with Crippen LogP contribution in [-0.2, 0) is 14.4 Å². The summed E-state index contributed by atoms with van der Waals surface area (Å²) >= 11 is 1.60. The van der Waals surface area contributed by atoms with Gasteiger partial charge in [-0.1, -0.05) is 6.07 Å². The van der Waals surface area contributed by atoms with Crippen LogP contribution in [0.15, 0.2) is 24.3 Å². The molecule has 3 rings (SSSR count). The number of nitrogens with one attached hydrogen (secondary N) is 2. The number of rotatable bonds is 6. The Morgan fingerprint density at radius 1 is 1.39 bits per heavy atom. The lowest BCUT2D eigenvalue weighted by Gasteiger charge is -2.21. The monoisotopic (exact) mass is 406 g/mol. The molecule has 1 atom stereocenters. The normalized spacial score (nSPS) is 21.0. The molecule has 1 aromatic carbocycles. The van der Waals surface area contributed by atoms with Gasteiger partial charge in [-0.3, -0.25) is 19.3 Å². The molecule has 10 heteroatoms. The molecule has 1 aromatic rings. The Morgan fingerprint density at radius 2 is 2.18 bits per heavy atom. The summed E-state index contributed by atoms with van der Waals surface area (Å²) in [6.07, 6.45) is 0.561. The highest BCUT2D eigenvalue weighted by Gasteiger charge is 2.53. The van der Waals surface area contributed by atoms with Crippen molar-refractivity contribution in [3.05, 3.63) is 24.3 Å². The number of likely N-dealkylation sites (N-methyl/N-ethyl adjacent to an activating group) is 1. The van der Waals surface area contributed by atoms with Crippen LogP contribution in [0, 0.1) is 0 Å². The predicted molar refractivity (Wildman–Crippen MR) is 104 cm³/mol. The Morgan fingerprint density at radius 3 is 2.86 bits per heavy atom. The number of carbonyl (C=O) groups is 4. The molecule has 9 nitrogen and oxygen atoms in total. The van der Waals surface area contributed by atoms with Crippen LogP contribution in [0.5, 0.6) is 5.75 Å². The Bertz CT molecular complexity index is 809. The number of thioether (sulfide) groups is 1. The molecular formula is C18H22N4O5S. The standard InChI is InChI=1S/C18H22N4O5S/c1-21(9-14(23)19-12-4-3-5-13(8-12)27-2)15(24)10-22-16(25)18(20-17(22)26)6-7-28-11-18/h3-5,8H,6-7,9-11H2,1-2H3,(H,19,23)(H,20,26). The number of hydrogen-bond donors (Lipinski definition) is 2. The molecule has 2 N–H and O–H groups in total. The van der Waals surface area contributed by atoms with E-state index in [4.69, 9.17) is 4.74 Å². The molecule has 0 aromatic heterocycles. The lowest BCUT2D eigenvalue weighted by atomic mass is 9.99. The summed E-state index contributed by atoms with van der Waals surface area (Å²) in [5.74, 6) is 0.640. The zero-order valence-corrected chi connectivity index (χ0v) is 16.5. The molecule has 150 valence electrons. The second kappa shape index (κ2) is 8.09. The number of anilines is 1. The minimum Gasteiger partial charge on any atom is -0.497 e. The number of nitrogens with zero attached hydrogens (tertiary/aromatic N) is 2. The molecule has 0 aliphatic carbocycles. The van der Waals surface area contributed by atoms with Gasteiger partial charge >= 0.3 is 6.03 Å². The second-order valence-corrected chi connectivity index (χ2v) is 7.84. The molecule has 0 saturated carbocycles. The van der Waals surface area contributed by atoms with Crippen molar-refractivity contribution in [1.82, 2.24) is 15.1 Å². The third-order valence-corrected chi connectivity index (χ3v) is 5.91. The Kier molecular flexibility index (Phi) is 5.78. The number of hydrogen-bond acceptors (Lipinski definition) is 6. The molecule has 1 spiro atoms. The number of benzene rings is 1. The van der Waals surface area contributed by atoms with E-state index in [0.717, 1.165) is 10.7 Å². The van der Waals surface area contributed by atoms with E-state index in [2.05, 4.69) is 10.6 Å². The Hall–Kier alpha value is -2.75. The molecule has 5 amide bonds. The lowest BCUT2D eigenvalue weighted by Crippen LogP contribution is -2.48. The smallest absolute Gasteiger partial charge is 0.325 e. The van der Waals surface area contributed by atoms with Crippen LogP contribution < -0.4 is 15.4 Å². The topological polar surface area (TPSA) is 108 Å². The third-order valence-electron chi connectivity index (χ3n) is 4.72. The fourth-order valence-corrected chi connectivity index (χ4v) is 4.44. The van der Waals surface area contributed by atoms with Crippen LogP contribution in [0.4, 0.5) is 10.5 Å². The summed E-state index contributed by atoms with van der Waals surface area (Å²) in [5, 5.41) is 5.39. The molecule has 2 aliphatic rings. The minimum absolute atomic E-state index is 0.208. The van der Waals surface area contributed by atoms with Crippen LogP contribution >= 0.6 is 11.8 Å². The molecule has 2 saturated heterocycles. The van der Waals surface area contributed by atoms with E-state index in [-0.39, 0.29) is 19.0 Å². The number of ether oxygens (including phenoxy) is 1. The number of carbonyl (C=O) groups excluding carboxylic acids is 4. The summed E-state index contributed by atoms with van der Waals surface area (Å²) < 4.78 is 5.10. The minimum atomic E-state index is -0.885. The van der Waals surface area contributed by atoms with Gasteiger partial charge in [0.15, 0.2) is 0 Å². The zero-order chi connectivity index (χ0) is 20.3. The summed E-state index contributed by atoms with van der Waals surface area (Å²) in [6, 6.07) is 6.28. The summed E-state index contributed by atoms with van der Waals surface area (Å²) in [4.78, 5) is 51.5. The van der Waals surface area contributed by atoms with Crippen LogP contribution in [0.1, 0.15) is 6.42 Å². The SMILES string of the molecule is COc1cccc(NC(=O)CN(C)C(=O)CN2C(=O)NC3(CCSC3)C2=O)c1. The van der Waals surface area contributed by atoms with Crippen molar-refractivity contribution in [2.75, 3.05) is 44.1 Å².